The lowest BCUT2D eigenvalue weighted by Crippen LogP contribution is -2.61. The van der Waals surface area contributed by atoms with E-state index in [1.807, 2.05) is 45.9 Å². The van der Waals surface area contributed by atoms with Gasteiger partial charge in [-0.25, -0.2) is 0 Å². The van der Waals surface area contributed by atoms with Gasteiger partial charge in [0, 0.05) is 54.7 Å². The molecule has 3 N–H and O–H groups in total. The lowest BCUT2D eigenvalue weighted by atomic mass is 9.98. The van der Waals surface area contributed by atoms with Crippen LogP contribution in [0.5, 0.6) is 0 Å². The van der Waals surface area contributed by atoms with Crippen molar-refractivity contribution in [2.75, 3.05) is 54.9 Å². The average molecular weight is 855 g/mol. The molecule has 0 radical (unpaired) electrons. The number of nitrogens with one attached hydrogen (secondary N) is 2. The number of aliphatic hydroxyl groups excluding tert-OH is 1. The van der Waals surface area contributed by atoms with Gasteiger partial charge in [-0.2, -0.15) is 0 Å². The number of carbonyl (C=O) groups is 8. The second-order valence-corrected chi connectivity index (χ2v) is 17.7. The molecule has 2 aliphatic rings. The highest BCUT2D eigenvalue weighted by molar-refractivity contribution is 5.98. The second kappa shape index (κ2) is 22.7. The molecule has 0 aliphatic carbocycles. The molecule has 7 atom stereocenters. The Morgan fingerprint density at radius 2 is 1.20 bits per heavy atom. The lowest BCUT2D eigenvalue weighted by molar-refractivity contribution is -0.152. The molecule has 2 saturated heterocycles. The van der Waals surface area contributed by atoms with Gasteiger partial charge >= 0.3 is 0 Å². The van der Waals surface area contributed by atoms with E-state index in [9.17, 15) is 43.5 Å². The van der Waals surface area contributed by atoms with Crippen LogP contribution in [0.3, 0.4) is 0 Å². The molecular weight excluding hydrogens is 785 g/mol. The van der Waals surface area contributed by atoms with Crippen LogP contribution < -0.4 is 10.6 Å². The van der Waals surface area contributed by atoms with E-state index in [1.165, 1.54) is 68.7 Å². The molecule has 340 valence electrons. The Hall–Kier alpha value is -5.06. The highest BCUT2D eigenvalue weighted by Gasteiger charge is 2.41. The van der Waals surface area contributed by atoms with Gasteiger partial charge in [0.25, 0.3) is 0 Å². The summed E-state index contributed by atoms with van der Waals surface area (Å²) in [5.41, 5.74) is 0.728. The van der Waals surface area contributed by atoms with Gasteiger partial charge in [-0.15, -0.1) is 0 Å². The Bertz CT molecular complexity index is 1720. The number of likely N-dealkylation sites (N-methyl/N-ethyl adjacent to an activating group) is 5. The third-order valence-electron chi connectivity index (χ3n) is 11.8. The summed E-state index contributed by atoms with van der Waals surface area (Å²) < 4.78 is 0. The first-order valence-electron chi connectivity index (χ1n) is 21.5. The monoisotopic (exact) mass is 855 g/mol. The van der Waals surface area contributed by atoms with Crippen molar-refractivity contribution in [3.8, 4) is 0 Å². The van der Waals surface area contributed by atoms with Crippen LogP contribution in [0.2, 0.25) is 0 Å². The highest BCUT2D eigenvalue weighted by Crippen LogP contribution is 2.20. The molecule has 17 heteroatoms. The fourth-order valence-electron chi connectivity index (χ4n) is 7.78. The Kier molecular flexibility index (Phi) is 18.7. The van der Waals surface area contributed by atoms with Crippen LogP contribution in [0.15, 0.2) is 30.3 Å². The summed E-state index contributed by atoms with van der Waals surface area (Å²) in [7, 11) is 7.08. The summed E-state index contributed by atoms with van der Waals surface area (Å²) in [4.78, 5) is 121. The van der Waals surface area contributed by atoms with E-state index in [2.05, 4.69) is 10.6 Å². The second-order valence-electron chi connectivity index (χ2n) is 17.7. The summed E-state index contributed by atoms with van der Waals surface area (Å²) in [6.45, 7) is 10.7. The number of amides is 8. The van der Waals surface area contributed by atoms with Gasteiger partial charge in [-0.1, -0.05) is 58.0 Å². The zero-order valence-corrected chi connectivity index (χ0v) is 38.1. The van der Waals surface area contributed by atoms with E-state index in [0.717, 1.165) is 29.7 Å². The molecule has 2 aliphatic heterocycles. The van der Waals surface area contributed by atoms with Gasteiger partial charge in [-0.3, -0.25) is 38.4 Å². The number of benzene rings is 1. The topological polar surface area (TPSA) is 200 Å². The molecule has 2 fully saturated rings. The molecule has 0 saturated carbocycles. The summed E-state index contributed by atoms with van der Waals surface area (Å²) in [6.07, 6.45) is 0.955. The maximum absolute atomic E-state index is 14.7. The maximum atomic E-state index is 14.7. The number of likely N-dealkylation sites (tertiary alicyclic amines) is 1. The number of hydrogen-bond acceptors (Lipinski definition) is 9. The molecule has 0 unspecified atom stereocenters. The van der Waals surface area contributed by atoms with Crippen LogP contribution in [-0.4, -0.2) is 179 Å². The van der Waals surface area contributed by atoms with Crippen molar-refractivity contribution in [1.82, 2.24) is 40.0 Å². The number of hydrogen-bond donors (Lipinski definition) is 3. The molecule has 61 heavy (non-hydrogen) atoms. The number of rotatable bonds is 8. The number of piperidine rings is 1. The third-order valence-corrected chi connectivity index (χ3v) is 11.8. The van der Waals surface area contributed by atoms with Gasteiger partial charge in [0.05, 0.1) is 19.1 Å². The highest BCUT2D eigenvalue weighted by atomic mass is 16.3. The van der Waals surface area contributed by atoms with Crippen LogP contribution >= 0.6 is 0 Å². The molecular formula is C44H70N8O9. The minimum absolute atomic E-state index is 0.0602. The number of nitrogens with zero attached hydrogens (tertiary/aromatic N) is 6. The molecule has 0 spiro atoms. The number of aliphatic hydroxyl groups is 1. The van der Waals surface area contributed by atoms with Crippen molar-refractivity contribution in [2.24, 2.45) is 11.8 Å². The Morgan fingerprint density at radius 1 is 0.672 bits per heavy atom. The molecule has 2 heterocycles. The molecule has 1 aromatic carbocycles. The molecule has 3 rings (SSSR count). The van der Waals surface area contributed by atoms with E-state index in [1.54, 1.807) is 17.0 Å². The van der Waals surface area contributed by atoms with E-state index < -0.39 is 103 Å². The van der Waals surface area contributed by atoms with Crippen LogP contribution in [0.1, 0.15) is 85.6 Å². The lowest BCUT2D eigenvalue weighted by Gasteiger charge is -2.38. The van der Waals surface area contributed by atoms with Gasteiger partial charge < -0.3 is 45.1 Å². The Morgan fingerprint density at radius 3 is 1.74 bits per heavy atom. The fraction of sp³-hybridized carbons (Fsp3) is 0.682. The van der Waals surface area contributed by atoms with Gasteiger partial charge in [-0.05, 0) is 63.4 Å². The smallest absolute Gasteiger partial charge is 0.248 e. The predicted molar refractivity (Wildman–Crippen MR) is 229 cm³/mol. The molecule has 8 amide bonds. The van der Waals surface area contributed by atoms with Crippen LogP contribution in [-0.2, 0) is 44.8 Å². The predicted octanol–water partition coefficient (Wildman–Crippen LogP) is 0.874. The third kappa shape index (κ3) is 13.5. The fourth-order valence-corrected chi connectivity index (χ4v) is 7.78. The van der Waals surface area contributed by atoms with Crippen molar-refractivity contribution in [2.45, 2.75) is 129 Å². The van der Waals surface area contributed by atoms with E-state index in [-0.39, 0.29) is 31.1 Å². The van der Waals surface area contributed by atoms with Crippen LogP contribution in [0.4, 0.5) is 0 Å². The van der Waals surface area contributed by atoms with E-state index in [0.29, 0.717) is 13.1 Å². The molecule has 17 nitrogen and oxygen atoms in total. The summed E-state index contributed by atoms with van der Waals surface area (Å²) in [5.74, 6) is -5.27. The molecule has 0 aromatic heterocycles. The first-order chi connectivity index (χ1) is 28.6. The van der Waals surface area contributed by atoms with Gasteiger partial charge in [0.2, 0.25) is 47.3 Å². The van der Waals surface area contributed by atoms with E-state index in [4.69, 9.17) is 0 Å². The van der Waals surface area contributed by atoms with Crippen molar-refractivity contribution >= 4 is 47.3 Å². The van der Waals surface area contributed by atoms with Crippen molar-refractivity contribution in [3.63, 3.8) is 0 Å². The zero-order valence-electron chi connectivity index (χ0n) is 38.1. The normalized spacial score (nSPS) is 26.0. The van der Waals surface area contributed by atoms with Crippen LogP contribution in [0.25, 0.3) is 0 Å². The van der Waals surface area contributed by atoms with Gasteiger partial charge in [0.1, 0.15) is 36.3 Å². The van der Waals surface area contributed by atoms with E-state index >= 15 is 0 Å². The first-order valence-corrected chi connectivity index (χ1v) is 21.5. The summed E-state index contributed by atoms with van der Waals surface area (Å²) in [6, 6.07) is 1.66. The number of carbonyl (C=O) groups excluding carboxylic acids is 8. The largest absolute Gasteiger partial charge is 0.391 e. The first kappa shape index (κ1) is 50.3. The Labute approximate surface area is 361 Å². The minimum Gasteiger partial charge on any atom is -0.391 e. The maximum Gasteiger partial charge on any atom is 0.248 e. The summed E-state index contributed by atoms with van der Waals surface area (Å²) in [5, 5.41) is 16.2. The molecule has 0 bridgehead atoms. The summed E-state index contributed by atoms with van der Waals surface area (Å²) >= 11 is 0. The van der Waals surface area contributed by atoms with Crippen molar-refractivity contribution < 1.29 is 43.5 Å². The van der Waals surface area contributed by atoms with Gasteiger partial charge in [0.15, 0.2) is 0 Å². The molecule has 1 aromatic rings. The standard InChI is InChI=1S/C44H70N8O9/c1-27(2)22-33-39(56)45-32(42(59)52-20-16-13-17-21-52)25-36(54)48(8)29(5)41(58)51(11)35(24-31-18-14-12-15-19-31)43(60)50(10)34(23-28(3)4)40(57)46-38(30(6)53)44(61)47(7)26-37(55)49(33)9/h12,14-15,18-19,27-30,32-35,38,53H,13,16-17,20-26H2,1-11H3,(H,45,56)(H,46,57)/t29-,30+,32-,33-,34-,35-,38-/m0/s1. The average Bonchev–Trinajstić information content (AvgIpc) is 3.22. The SMILES string of the molecule is CC(C)C[C@H]1C(=O)N[C@H](C(=O)N2CCCCC2)CC(=O)N(C)[C@@H](C)C(=O)N(C)[C@@H](Cc2ccccc2)C(=O)N(C)[C@@H](CC(C)C)C(=O)N[C@@H]([C@@H](C)O)C(=O)N(C)CC(=O)N1C. The van der Waals surface area contributed by atoms with Crippen LogP contribution in [0, 0.1) is 11.8 Å². The Balaban J connectivity index is 2.19. The minimum atomic E-state index is -1.51. The van der Waals surface area contributed by atoms with Crippen molar-refractivity contribution in [1.29, 1.82) is 0 Å². The van der Waals surface area contributed by atoms with Crippen molar-refractivity contribution in [3.05, 3.63) is 35.9 Å². The zero-order chi connectivity index (χ0) is 45.9. The quantitative estimate of drug-likeness (QED) is 0.340.